The summed E-state index contributed by atoms with van der Waals surface area (Å²) in [6.45, 7) is 5.01. The number of aromatic nitrogens is 6. The van der Waals surface area contributed by atoms with Gasteiger partial charge in [-0.05, 0) is 25.8 Å². The van der Waals surface area contributed by atoms with E-state index in [9.17, 15) is 0 Å². The molecule has 32 heavy (non-hydrogen) atoms. The molecule has 1 atom stereocenters. The van der Waals surface area contributed by atoms with Gasteiger partial charge in [0.15, 0.2) is 5.82 Å². The number of piperazine rings is 1. The molecular formula is C23H27N9. The van der Waals surface area contributed by atoms with Crippen molar-refractivity contribution in [1.29, 1.82) is 0 Å². The van der Waals surface area contributed by atoms with E-state index in [1.165, 1.54) is 25.7 Å². The predicted octanol–water partition coefficient (Wildman–Crippen LogP) is 3.43. The second-order valence-corrected chi connectivity index (χ2v) is 8.82. The van der Waals surface area contributed by atoms with Crippen LogP contribution in [0.1, 0.15) is 38.6 Å². The molecule has 0 radical (unpaired) electrons. The van der Waals surface area contributed by atoms with Crippen molar-refractivity contribution in [1.82, 2.24) is 34.8 Å². The minimum atomic E-state index is 0.449. The summed E-state index contributed by atoms with van der Waals surface area (Å²) >= 11 is 0. The topological polar surface area (TPSA) is 96.7 Å². The van der Waals surface area contributed by atoms with Crippen LogP contribution in [0.3, 0.4) is 0 Å². The molecule has 1 saturated carbocycles. The van der Waals surface area contributed by atoms with Crippen molar-refractivity contribution in [3.8, 4) is 0 Å². The van der Waals surface area contributed by atoms with Crippen molar-refractivity contribution in [2.75, 3.05) is 29.9 Å². The van der Waals surface area contributed by atoms with E-state index >= 15 is 0 Å². The Balaban J connectivity index is 1.31. The first-order chi connectivity index (χ1) is 15.8. The lowest BCUT2D eigenvalue weighted by molar-refractivity contribution is 0.482. The number of hydrogen-bond acceptors (Lipinski definition) is 8. The standard InChI is InChI=1S/C23H27N9/c1-15-14-31(9-8-25-15)21-13-26-20(12-27-21)29-23-28-10-18-17-6-7-24-11-19(17)32(22(18)30-23)16-4-2-3-5-16/h6-7,10-13,15-16,25H,2-5,8-9,14H2,1H3,(H,26,28,29,30)/t15-/m1/s1. The third-order valence-corrected chi connectivity index (χ3v) is 6.61. The van der Waals surface area contributed by atoms with Gasteiger partial charge in [0.2, 0.25) is 5.95 Å². The Morgan fingerprint density at radius 2 is 1.94 bits per heavy atom. The Hall–Kier alpha value is -3.33. The summed E-state index contributed by atoms with van der Waals surface area (Å²) in [5.74, 6) is 2.07. The van der Waals surface area contributed by atoms with E-state index in [2.05, 4.69) is 53.0 Å². The maximum atomic E-state index is 4.90. The molecular weight excluding hydrogens is 402 g/mol. The van der Waals surface area contributed by atoms with Gasteiger partial charge in [0.25, 0.3) is 0 Å². The van der Waals surface area contributed by atoms with E-state index < -0.39 is 0 Å². The first-order valence-electron chi connectivity index (χ1n) is 11.4. The maximum absolute atomic E-state index is 4.90. The lowest BCUT2D eigenvalue weighted by Gasteiger charge is -2.32. The molecule has 1 aliphatic carbocycles. The third-order valence-electron chi connectivity index (χ3n) is 6.61. The Morgan fingerprint density at radius 3 is 2.75 bits per heavy atom. The average molecular weight is 430 g/mol. The zero-order valence-corrected chi connectivity index (χ0v) is 18.2. The molecule has 5 heterocycles. The summed E-state index contributed by atoms with van der Waals surface area (Å²) in [7, 11) is 0. The van der Waals surface area contributed by atoms with Crippen LogP contribution in [-0.2, 0) is 0 Å². The molecule has 0 spiro atoms. The van der Waals surface area contributed by atoms with Crippen LogP contribution in [0, 0.1) is 0 Å². The first kappa shape index (κ1) is 19.4. The van der Waals surface area contributed by atoms with Crippen molar-refractivity contribution in [2.45, 2.75) is 44.7 Å². The van der Waals surface area contributed by atoms with Crippen LogP contribution in [0.5, 0.6) is 0 Å². The van der Waals surface area contributed by atoms with Gasteiger partial charge in [0.1, 0.15) is 11.5 Å². The number of nitrogens with zero attached hydrogens (tertiary/aromatic N) is 7. The Kier molecular flexibility index (Phi) is 4.83. The van der Waals surface area contributed by atoms with E-state index in [4.69, 9.17) is 4.98 Å². The molecule has 2 fully saturated rings. The molecule has 2 aliphatic rings. The minimum Gasteiger partial charge on any atom is -0.353 e. The van der Waals surface area contributed by atoms with Crippen molar-refractivity contribution >= 4 is 39.5 Å². The highest BCUT2D eigenvalue weighted by Gasteiger charge is 2.23. The lowest BCUT2D eigenvalue weighted by Crippen LogP contribution is -2.49. The number of hydrogen-bond donors (Lipinski definition) is 2. The van der Waals surface area contributed by atoms with E-state index in [0.29, 0.717) is 23.8 Å². The quantitative estimate of drug-likeness (QED) is 0.509. The highest BCUT2D eigenvalue weighted by Crippen LogP contribution is 2.37. The molecule has 4 aromatic heterocycles. The summed E-state index contributed by atoms with van der Waals surface area (Å²) < 4.78 is 2.36. The summed E-state index contributed by atoms with van der Waals surface area (Å²) in [6, 6.07) is 2.97. The van der Waals surface area contributed by atoms with Crippen molar-refractivity contribution in [2.24, 2.45) is 0 Å². The fourth-order valence-electron chi connectivity index (χ4n) is 5.06. The fourth-order valence-corrected chi connectivity index (χ4v) is 5.06. The molecule has 0 bridgehead atoms. The maximum Gasteiger partial charge on any atom is 0.230 e. The predicted molar refractivity (Wildman–Crippen MR) is 125 cm³/mol. The molecule has 0 unspecified atom stereocenters. The SMILES string of the molecule is C[C@@H]1CN(c2cnc(Nc3ncc4c5ccncc5n(C5CCCC5)c4n3)cn2)CCN1. The number of fused-ring (bicyclic) bond motifs is 3. The number of rotatable bonds is 4. The van der Waals surface area contributed by atoms with Crippen LogP contribution in [0.4, 0.5) is 17.6 Å². The zero-order valence-electron chi connectivity index (χ0n) is 18.2. The van der Waals surface area contributed by atoms with Crippen LogP contribution in [-0.4, -0.2) is 55.2 Å². The van der Waals surface area contributed by atoms with Gasteiger partial charge in [-0.25, -0.2) is 15.0 Å². The number of nitrogens with one attached hydrogen (secondary N) is 2. The number of pyridine rings is 1. The third kappa shape index (κ3) is 3.42. The second-order valence-electron chi connectivity index (χ2n) is 8.82. The van der Waals surface area contributed by atoms with E-state index in [1.807, 2.05) is 24.8 Å². The van der Waals surface area contributed by atoms with E-state index in [-0.39, 0.29) is 0 Å². The molecule has 1 aliphatic heterocycles. The lowest BCUT2D eigenvalue weighted by atomic mass is 10.2. The Morgan fingerprint density at radius 1 is 1.03 bits per heavy atom. The van der Waals surface area contributed by atoms with Crippen LogP contribution in [0.25, 0.3) is 21.9 Å². The molecule has 9 heteroatoms. The monoisotopic (exact) mass is 429 g/mol. The average Bonchev–Trinajstić information content (AvgIpc) is 3.45. The summed E-state index contributed by atoms with van der Waals surface area (Å²) in [5.41, 5.74) is 2.09. The normalized spacial score (nSPS) is 19.8. The molecule has 2 N–H and O–H groups in total. The largest absolute Gasteiger partial charge is 0.353 e. The van der Waals surface area contributed by atoms with Gasteiger partial charge in [-0.2, -0.15) is 4.98 Å². The van der Waals surface area contributed by atoms with Crippen molar-refractivity contribution < 1.29 is 0 Å². The molecule has 4 aromatic rings. The first-order valence-corrected chi connectivity index (χ1v) is 11.4. The zero-order chi connectivity index (χ0) is 21.5. The summed E-state index contributed by atoms with van der Waals surface area (Å²) in [4.78, 5) is 25.3. The summed E-state index contributed by atoms with van der Waals surface area (Å²) in [5, 5.41) is 8.91. The highest BCUT2D eigenvalue weighted by atomic mass is 15.3. The molecule has 164 valence electrons. The van der Waals surface area contributed by atoms with Crippen LogP contribution >= 0.6 is 0 Å². The Labute approximate surface area is 186 Å². The minimum absolute atomic E-state index is 0.449. The second kappa shape index (κ2) is 7.98. The van der Waals surface area contributed by atoms with Gasteiger partial charge < -0.3 is 20.1 Å². The van der Waals surface area contributed by atoms with Crippen molar-refractivity contribution in [3.63, 3.8) is 0 Å². The van der Waals surface area contributed by atoms with Gasteiger partial charge in [0, 0.05) is 54.9 Å². The van der Waals surface area contributed by atoms with Gasteiger partial charge in [-0.1, -0.05) is 12.8 Å². The highest BCUT2D eigenvalue weighted by molar-refractivity contribution is 6.06. The van der Waals surface area contributed by atoms with E-state index in [1.54, 1.807) is 6.20 Å². The van der Waals surface area contributed by atoms with Gasteiger partial charge >= 0.3 is 0 Å². The smallest absolute Gasteiger partial charge is 0.230 e. The van der Waals surface area contributed by atoms with Crippen LogP contribution in [0.15, 0.2) is 37.1 Å². The van der Waals surface area contributed by atoms with Gasteiger partial charge in [0.05, 0.1) is 24.1 Å². The van der Waals surface area contributed by atoms with Gasteiger partial charge in [-0.3, -0.25) is 4.98 Å². The van der Waals surface area contributed by atoms with E-state index in [0.717, 1.165) is 47.4 Å². The van der Waals surface area contributed by atoms with Crippen molar-refractivity contribution in [3.05, 3.63) is 37.1 Å². The Bertz CT molecular complexity index is 1240. The fraction of sp³-hybridized carbons (Fsp3) is 0.435. The van der Waals surface area contributed by atoms with Crippen LogP contribution < -0.4 is 15.5 Å². The molecule has 9 nitrogen and oxygen atoms in total. The molecule has 0 aromatic carbocycles. The molecule has 6 rings (SSSR count). The molecule has 0 amide bonds. The number of anilines is 3. The van der Waals surface area contributed by atoms with Crippen LogP contribution in [0.2, 0.25) is 0 Å². The summed E-state index contributed by atoms with van der Waals surface area (Å²) in [6.07, 6.45) is 14.1. The van der Waals surface area contributed by atoms with Gasteiger partial charge in [-0.15, -0.1) is 0 Å². The molecule has 1 saturated heterocycles.